The molecule has 1 aliphatic carbocycles. The molecule has 3 atom stereocenters. The zero-order valence-corrected chi connectivity index (χ0v) is 32.9. The molecule has 1 aromatic heterocycles. The molecule has 0 bridgehead atoms. The molecule has 6 amide bonds. The van der Waals surface area contributed by atoms with Crippen molar-refractivity contribution in [1.29, 1.82) is 5.26 Å². The molecule has 4 heterocycles. The van der Waals surface area contributed by atoms with Gasteiger partial charge in [0.05, 0.1) is 40.6 Å². The second kappa shape index (κ2) is 16.8. The summed E-state index contributed by atoms with van der Waals surface area (Å²) in [7, 11) is 0. The summed E-state index contributed by atoms with van der Waals surface area (Å²) in [4.78, 5) is 75.3. The van der Waals surface area contributed by atoms with Crippen LogP contribution in [0, 0.1) is 17.2 Å². The number of carbonyl (C=O) groups excluding carboxylic acids is 5. The zero-order chi connectivity index (χ0) is 38.7. The van der Waals surface area contributed by atoms with E-state index in [2.05, 4.69) is 39.3 Å². The lowest BCUT2D eigenvalue weighted by Crippen LogP contribution is -2.58. The molecule has 1 aromatic carbocycles. The first-order chi connectivity index (χ1) is 25.7. The standard InChI is InChI=1S/C39H49ClN8O5S/c1-24-21-45(22-25(2)46(24)23-35(50)43-28-10-15-33(42-20-28)31-14-16-34(49)44-36(31)51)17-5-6-26-7-11-29(12-8-26)47-38(53)48(37(52)39(47,3)4)54-30-13-9-27(19-41)32(40)18-30/h9-10,13,15,18,20,24-26,29,31H,5-8,11-12,14,16-17,21-23H2,1-4H3,(H,43,50)(H,44,49,51)/t24-,25+,26?,29?,31?. The van der Waals surface area contributed by atoms with Crippen LogP contribution in [0.15, 0.2) is 41.4 Å². The largest absolute Gasteiger partial charge is 0.338 e. The topological polar surface area (TPSA) is 159 Å². The smallest absolute Gasteiger partial charge is 0.324 e. The number of hydrogen-bond donors (Lipinski definition) is 2. The minimum absolute atomic E-state index is 0.00305. The van der Waals surface area contributed by atoms with Crippen molar-refractivity contribution >= 4 is 58.9 Å². The Morgan fingerprint density at radius 1 is 1.06 bits per heavy atom. The molecule has 4 fully saturated rings. The molecule has 3 aliphatic heterocycles. The third-order valence-electron chi connectivity index (χ3n) is 11.4. The predicted molar refractivity (Wildman–Crippen MR) is 205 cm³/mol. The SMILES string of the molecule is C[C@@H]1CN(CCCC2CCC(N3C(=O)N(Sc4ccc(C#N)c(Cl)c4)C(=O)C3(C)C)CC2)C[C@H](C)N1CC(=O)Nc1ccc(C2CCC(=O)NC2=O)nc1. The zero-order valence-electron chi connectivity index (χ0n) is 31.3. The van der Waals surface area contributed by atoms with Gasteiger partial charge < -0.3 is 15.1 Å². The second-order valence-electron chi connectivity index (χ2n) is 15.6. The van der Waals surface area contributed by atoms with Crippen LogP contribution >= 0.6 is 23.5 Å². The number of piperazine rings is 1. The molecule has 1 unspecified atom stereocenters. The number of urea groups is 1. The number of aromatic nitrogens is 1. The van der Waals surface area contributed by atoms with E-state index >= 15 is 0 Å². The molecule has 4 aliphatic rings. The number of piperidine rings is 1. The van der Waals surface area contributed by atoms with Gasteiger partial charge in [0.1, 0.15) is 11.6 Å². The highest BCUT2D eigenvalue weighted by molar-refractivity contribution is 7.98. The van der Waals surface area contributed by atoms with Crippen molar-refractivity contribution in [3.8, 4) is 6.07 Å². The number of hydrogen-bond acceptors (Lipinski definition) is 10. The summed E-state index contributed by atoms with van der Waals surface area (Å²) in [5.74, 6) is -0.845. The van der Waals surface area contributed by atoms with Gasteiger partial charge in [0, 0.05) is 42.5 Å². The number of rotatable bonds is 11. The van der Waals surface area contributed by atoms with Gasteiger partial charge in [-0.1, -0.05) is 11.6 Å². The van der Waals surface area contributed by atoms with Gasteiger partial charge in [0.15, 0.2) is 0 Å². The Balaban J connectivity index is 0.916. The predicted octanol–water partition coefficient (Wildman–Crippen LogP) is 5.55. The maximum atomic E-state index is 13.6. The van der Waals surface area contributed by atoms with Gasteiger partial charge >= 0.3 is 6.03 Å². The van der Waals surface area contributed by atoms with E-state index in [1.54, 1.807) is 41.4 Å². The first kappa shape index (κ1) is 39.7. The van der Waals surface area contributed by atoms with Crippen LogP contribution in [0.2, 0.25) is 5.02 Å². The molecule has 6 rings (SSSR count). The number of carbonyl (C=O) groups is 5. The monoisotopic (exact) mass is 776 g/mol. The van der Waals surface area contributed by atoms with E-state index in [1.165, 1.54) is 4.31 Å². The highest BCUT2D eigenvalue weighted by Gasteiger charge is 2.54. The van der Waals surface area contributed by atoms with Gasteiger partial charge in [0.25, 0.3) is 5.91 Å². The number of pyridine rings is 1. The molecule has 288 valence electrons. The molecule has 15 heteroatoms. The lowest BCUT2D eigenvalue weighted by atomic mass is 9.81. The number of amides is 6. The molecule has 54 heavy (non-hydrogen) atoms. The van der Waals surface area contributed by atoms with Crippen LogP contribution in [0.4, 0.5) is 10.5 Å². The van der Waals surface area contributed by atoms with Gasteiger partial charge in [-0.15, -0.1) is 0 Å². The summed E-state index contributed by atoms with van der Waals surface area (Å²) in [6.45, 7) is 11.0. The van der Waals surface area contributed by atoms with Gasteiger partial charge in [0.2, 0.25) is 17.7 Å². The second-order valence-corrected chi connectivity index (χ2v) is 17.1. The molecule has 0 radical (unpaired) electrons. The van der Waals surface area contributed by atoms with E-state index in [-0.39, 0.29) is 65.8 Å². The van der Waals surface area contributed by atoms with Crippen LogP contribution < -0.4 is 10.6 Å². The third kappa shape index (κ3) is 8.75. The Morgan fingerprint density at radius 3 is 2.41 bits per heavy atom. The average Bonchev–Trinajstić information content (AvgIpc) is 3.29. The number of nitrogens with zero attached hydrogens (tertiary/aromatic N) is 6. The average molecular weight is 777 g/mol. The lowest BCUT2D eigenvalue weighted by Gasteiger charge is -2.44. The van der Waals surface area contributed by atoms with Crippen molar-refractivity contribution in [2.45, 2.75) is 114 Å². The third-order valence-corrected chi connectivity index (χ3v) is 12.7. The Labute approximate surface area is 326 Å². The first-order valence-electron chi connectivity index (χ1n) is 18.9. The van der Waals surface area contributed by atoms with E-state index in [4.69, 9.17) is 11.6 Å². The maximum Gasteiger partial charge on any atom is 0.338 e. The van der Waals surface area contributed by atoms with Crippen molar-refractivity contribution < 1.29 is 24.0 Å². The minimum atomic E-state index is -0.948. The first-order valence-corrected chi connectivity index (χ1v) is 20.0. The molecule has 2 aromatic rings. The van der Waals surface area contributed by atoms with Crippen LogP contribution in [0.1, 0.15) is 96.2 Å². The van der Waals surface area contributed by atoms with Gasteiger partial charge in [-0.3, -0.25) is 34.4 Å². The summed E-state index contributed by atoms with van der Waals surface area (Å²) >= 11 is 7.26. The number of benzene rings is 1. The van der Waals surface area contributed by atoms with Crippen molar-refractivity contribution in [1.82, 2.24) is 29.3 Å². The molecule has 1 saturated carbocycles. The quantitative estimate of drug-likeness (QED) is 0.168. The van der Waals surface area contributed by atoms with Crippen molar-refractivity contribution in [3.05, 3.63) is 52.8 Å². The Morgan fingerprint density at radius 2 is 1.78 bits per heavy atom. The fourth-order valence-corrected chi connectivity index (χ4v) is 9.77. The van der Waals surface area contributed by atoms with E-state index < -0.39 is 11.5 Å². The number of anilines is 1. The fraction of sp³-hybridized carbons (Fsp3) is 0.564. The maximum absolute atomic E-state index is 13.6. The minimum Gasteiger partial charge on any atom is -0.324 e. The fourth-order valence-electron chi connectivity index (χ4n) is 8.50. The number of imide groups is 2. The summed E-state index contributed by atoms with van der Waals surface area (Å²) in [5, 5.41) is 14.8. The van der Waals surface area contributed by atoms with Gasteiger partial charge in [-0.2, -0.15) is 9.57 Å². The molecule has 3 saturated heterocycles. The molecular formula is C39H49ClN8O5S. The highest BCUT2D eigenvalue weighted by Crippen LogP contribution is 2.42. The Kier molecular flexibility index (Phi) is 12.3. The summed E-state index contributed by atoms with van der Waals surface area (Å²) < 4.78 is 1.24. The Hall–Kier alpha value is -4.03. The highest BCUT2D eigenvalue weighted by atomic mass is 35.5. The molecule has 2 N–H and O–H groups in total. The number of nitriles is 1. The normalized spacial score (nSPS) is 26.5. The van der Waals surface area contributed by atoms with Crippen LogP contribution in [0.5, 0.6) is 0 Å². The summed E-state index contributed by atoms with van der Waals surface area (Å²) in [6.07, 6.45) is 8.24. The molecule has 13 nitrogen and oxygen atoms in total. The van der Waals surface area contributed by atoms with Crippen LogP contribution in [0.3, 0.4) is 0 Å². The summed E-state index contributed by atoms with van der Waals surface area (Å²) in [6, 6.07) is 10.5. The molecule has 0 spiro atoms. The van der Waals surface area contributed by atoms with Gasteiger partial charge in [-0.05, 0) is 127 Å². The van der Waals surface area contributed by atoms with E-state index in [0.29, 0.717) is 34.2 Å². The van der Waals surface area contributed by atoms with Gasteiger partial charge in [-0.25, -0.2) is 4.79 Å². The van der Waals surface area contributed by atoms with Crippen LogP contribution in [0.25, 0.3) is 0 Å². The van der Waals surface area contributed by atoms with Crippen molar-refractivity contribution in [2.75, 3.05) is 31.5 Å². The molecular weight excluding hydrogens is 728 g/mol. The van der Waals surface area contributed by atoms with E-state index in [0.717, 1.165) is 70.1 Å². The van der Waals surface area contributed by atoms with E-state index in [1.807, 2.05) is 19.9 Å². The van der Waals surface area contributed by atoms with E-state index in [9.17, 15) is 29.2 Å². The van der Waals surface area contributed by atoms with Crippen molar-refractivity contribution in [2.24, 2.45) is 5.92 Å². The lowest BCUT2D eigenvalue weighted by molar-refractivity contribution is -0.134. The Bertz CT molecular complexity index is 1800. The van der Waals surface area contributed by atoms with Crippen LogP contribution in [-0.4, -0.2) is 103 Å². The van der Waals surface area contributed by atoms with Crippen molar-refractivity contribution in [3.63, 3.8) is 0 Å². The van der Waals surface area contributed by atoms with Crippen LogP contribution in [-0.2, 0) is 19.2 Å². The summed E-state index contributed by atoms with van der Waals surface area (Å²) in [5.41, 5.74) is 0.549. The number of nitrogens with one attached hydrogen (secondary N) is 2. The number of halogens is 1.